The molecule has 2 amide bonds. The molecule has 2 atom stereocenters. The van der Waals surface area contributed by atoms with Crippen LogP contribution in [0.2, 0.25) is 10.0 Å². The van der Waals surface area contributed by atoms with Crippen molar-refractivity contribution in [2.45, 2.75) is 114 Å². The first-order valence-electron chi connectivity index (χ1n) is 17.8. The van der Waals surface area contributed by atoms with E-state index >= 15 is 0 Å². The molecule has 13 heteroatoms. The summed E-state index contributed by atoms with van der Waals surface area (Å²) in [7, 11) is -4.04. The number of aromatic nitrogens is 1. The Morgan fingerprint density at radius 1 is 0.882 bits per heavy atom. The molecule has 0 spiro atoms. The maximum Gasteiger partial charge on any atom is 0.255 e. The lowest BCUT2D eigenvalue weighted by Gasteiger charge is -2.19. The van der Waals surface area contributed by atoms with Crippen molar-refractivity contribution in [3.8, 4) is 11.5 Å². The Bertz CT molecular complexity index is 1670. The van der Waals surface area contributed by atoms with E-state index < -0.39 is 32.7 Å². The van der Waals surface area contributed by atoms with Crippen molar-refractivity contribution in [1.29, 1.82) is 0 Å². The fourth-order valence-corrected chi connectivity index (χ4v) is 8.56. The van der Waals surface area contributed by atoms with Gasteiger partial charge in [-0.15, -0.1) is 0 Å². The van der Waals surface area contributed by atoms with E-state index in [0.29, 0.717) is 22.7 Å². The lowest BCUT2D eigenvalue weighted by molar-refractivity contribution is -0.115. The standard InChI is InChI=1S/C38H50BrCl2N3O6S/c1-4-7-9-11-12-14-17-26(16-13-10-8-5-2)25-50-36-29(39)20-27(21-31(36)41)37(46)44-33-22-30(40)32(23-34(33)45)43-38(47)35(6-3)51(48,49)28-18-15-19-42-24-28/h15,18-24,26,35,45H,4-14,16-17,25H2,1-3H3,(H,43,47)(H,44,46). The molecule has 0 fully saturated rings. The quantitative estimate of drug-likeness (QED) is 0.0678. The van der Waals surface area contributed by atoms with E-state index in [-0.39, 0.29) is 38.3 Å². The molecule has 2 unspecified atom stereocenters. The Kier molecular flexibility index (Phi) is 18.0. The van der Waals surface area contributed by atoms with Crippen LogP contribution in [0, 0.1) is 5.92 Å². The Hall–Kier alpha value is -2.86. The van der Waals surface area contributed by atoms with Crippen LogP contribution in [0.4, 0.5) is 11.4 Å². The van der Waals surface area contributed by atoms with Gasteiger partial charge in [0.2, 0.25) is 5.91 Å². The van der Waals surface area contributed by atoms with Crippen LogP contribution < -0.4 is 15.4 Å². The highest BCUT2D eigenvalue weighted by Gasteiger charge is 2.33. The fourth-order valence-electron chi connectivity index (χ4n) is 5.81. The van der Waals surface area contributed by atoms with Crippen LogP contribution in [-0.2, 0) is 14.6 Å². The number of hydrogen-bond donors (Lipinski definition) is 3. The number of anilines is 2. The number of amides is 2. The third kappa shape index (κ3) is 12.9. The van der Waals surface area contributed by atoms with Crippen molar-refractivity contribution >= 4 is 72.2 Å². The monoisotopic (exact) mass is 825 g/mol. The van der Waals surface area contributed by atoms with Crippen LogP contribution in [0.15, 0.2) is 58.2 Å². The van der Waals surface area contributed by atoms with Crippen molar-refractivity contribution in [3.05, 3.63) is 68.9 Å². The molecule has 3 rings (SSSR count). The van der Waals surface area contributed by atoms with Gasteiger partial charge < -0.3 is 20.5 Å². The predicted octanol–water partition coefficient (Wildman–Crippen LogP) is 11.0. The van der Waals surface area contributed by atoms with Gasteiger partial charge in [-0.2, -0.15) is 0 Å². The third-order valence-corrected chi connectivity index (χ3v) is 12.1. The molecule has 0 saturated carbocycles. The number of carbonyl (C=O) groups is 2. The van der Waals surface area contributed by atoms with Gasteiger partial charge in [-0.1, -0.05) is 108 Å². The molecule has 0 aliphatic carbocycles. The highest BCUT2D eigenvalue weighted by atomic mass is 79.9. The first-order chi connectivity index (χ1) is 24.4. The van der Waals surface area contributed by atoms with E-state index in [4.69, 9.17) is 27.9 Å². The van der Waals surface area contributed by atoms with Gasteiger partial charge in [0.15, 0.2) is 15.6 Å². The fraction of sp³-hybridized carbons (Fsp3) is 0.500. The second kappa shape index (κ2) is 21.6. The van der Waals surface area contributed by atoms with Crippen LogP contribution in [0.3, 0.4) is 0 Å². The molecule has 3 aromatic rings. The number of sulfone groups is 1. The van der Waals surface area contributed by atoms with E-state index in [1.54, 1.807) is 13.0 Å². The summed E-state index contributed by atoms with van der Waals surface area (Å²) in [6.07, 6.45) is 17.1. The number of carbonyl (C=O) groups excluding carboxylic acids is 2. The molecule has 0 radical (unpaired) electrons. The minimum Gasteiger partial charge on any atom is -0.506 e. The number of rotatable bonds is 22. The van der Waals surface area contributed by atoms with Crippen molar-refractivity contribution in [2.75, 3.05) is 17.2 Å². The summed E-state index contributed by atoms with van der Waals surface area (Å²) in [5.74, 6) is -0.912. The molecule has 1 heterocycles. The highest BCUT2D eigenvalue weighted by molar-refractivity contribution is 9.10. The summed E-state index contributed by atoms with van der Waals surface area (Å²) in [5, 5.41) is 14.7. The minimum atomic E-state index is -4.04. The van der Waals surface area contributed by atoms with Crippen LogP contribution >= 0.6 is 39.1 Å². The van der Waals surface area contributed by atoms with E-state index in [1.807, 2.05) is 0 Å². The summed E-state index contributed by atoms with van der Waals surface area (Å²) in [6, 6.07) is 8.34. The van der Waals surface area contributed by atoms with Crippen LogP contribution in [0.1, 0.15) is 115 Å². The number of phenols is 1. The Morgan fingerprint density at radius 2 is 1.53 bits per heavy atom. The Labute approximate surface area is 321 Å². The smallest absolute Gasteiger partial charge is 0.255 e. The first kappa shape index (κ1) is 42.6. The molecular formula is C38H50BrCl2N3O6S. The number of benzene rings is 2. The molecule has 51 heavy (non-hydrogen) atoms. The molecule has 9 nitrogen and oxygen atoms in total. The summed E-state index contributed by atoms with van der Waals surface area (Å²) in [6.45, 7) is 6.54. The van der Waals surface area contributed by atoms with Crippen LogP contribution in [0.5, 0.6) is 11.5 Å². The van der Waals surface area contributed by atoms with Crippen molar-refractivity contribution in [2.24, 2.45) is 5.92 Å². The second-order valence-corrected chi connectivity index (χ2v) is 16.6. The molecule has 0 saturated heterocycles. The third-order valence-electron chi connectivity index (χ3n) is 8.75. The molecular weight excluding hydrogens is 777 g/mol. The average Bonchev–Trinajstić information content (AvgIpc) is 3.10. The van der Waals surface area contributed by atoms with Crippen molar-refractivity contribution < 1.29 is 27.9 Å². The van der Waals surface area contributed by atoms with E-state index in [0.717, 1.165) is 18.9 Å². The molecule has 1 aromatic heterocycles. The largest absolute Gasteiger partial charge is 0.506 e. The minimum absolute atomic E-state index is 0.0123. The van der Waals surface area contributed by atoms with Gasteiger partial charge in [0.25, 0.3) is 5.91 Å². The first-order valence-corrected chi connectivity index (χ1v) is 20.9. The van der Waals surface area contributed by atoms with E-state index in [1.165, 1.54) is 101 Å². The predicted molar refractivity (Wildman–Crippen MR) is 210 cm³/mol. The summed E-state index contributed by atoms with van der Waals surface area (Å²) >= 11 is 16.6. The number of ether oxygens (including phenoxy) is 1. The van der Waals surface area contributed by atoms with Crippen molar-refractivity contribution in [3.63, 3.8) is 0 Å². The van der Waals surface area contributed by atoms with Gasteiger partial charge in [-0.25, -0.2) is 8.42 Å². The number of halogens is 3. The zero-order chi connectivity index (χ0) is 37.4. The number of nitrogens with one attached hydrogen (secondary N) is 2. The van der Waals surface area contributed by atoms with Gasteiger partial charge in [-0.05, 0) is 71.4 Å². The summed E-state index contributed by atoms with van der Waals surface area (Å²) < 4.78 is 32.9. The normalized spacial score (nSPS) is 12.7. The van der Waals surface area contributed by atoms with Gasteiger partial charge in [0, 0.05) is 24.0 Å². The van der Waals surface area contributed by atoms with Gasteiger partial charge in [-0.3, -0.25) is 14.6 Å². The van der Waals surface area contributed by atoms with Crippen LogP contribution in [-0.4, -0.2) is 42.2 Å². The number of hydrogen-bond acceptors (Lipinski definition) is 7. The van der Waals surface area contributed by atoms with E-state index in [9.17, 15) is 23.1 Å². The zero-order valence-corrected chi connectivity index (χ0v) is 33.6. The highest BCUT2D eigenvalue weighted by Crippen LogP contribution is 2.38. The molecule has 2 aromatic carbocycles. The van der Waals surface area contributed by atoms with Gasteiger partial charge in [0.05, 0.1) is 37.4 Å². The molecule has 3 N–H and O–H groups in total. The molecule has 0 aliphatic heterocycles. The molecule has 280 valence electrons. The SMILES string of the molecule is CCCCCCCCC(CCCCCC)COc1c(Cl)cc(C(=O)Nc2cc(Cl)c(NC(=O)C(CC)S(=O)(=O)c3cccnc3)cc2O)cc1Br. The Balaban J connectivity index is 1.66. The zero-order valence-electron chi connectivity index (χ0n) is 29.7. The summed E-state index contributed by atoms with van der Waals surface area (Å²) in [4.78, 5) is 30.1. The maximum atomic E-state index is 13.3. The van der Waals surface area contributed by atoms with Crippen LogP contribution in [0.25, 0.3) is 0 Å². The average molecular weight is 828 g/mol. The number of pyridine rings is 1. The van der Waals surface area contributed by atoms with Gasteiger partial charge >= 0.3 is 0 Å². The Morgan fingerprint density at radius 3 is 2.14 bits per heavy atom. The van der Waals surface area contributed by atoms with E-state index in [2.05, 4.69) is 45.4 Å². The molecule has 0 aliphatic rings. The summed E-state index contributed by atoms with van der Waals surface area (Å²) in [5.41, 5.74) is 0.164. The van der Waals surface area contributed by atoms with Crippen molar-refractivity contribution in [1.82, 2.24) is 4.98 Å². The number of nitrogens with zero attached hydrogens (tertiary/aromatic N) is 1. The maximum absolute atomic E-state index is 13.3. The molecule has 0 bridgehead atoms. The number of aromatic hydroxyl groups is 1. The number of phenolic OH excluding ortho intramolecular Hbond substituents is 1. The topological polar surface area (TPSA) is 135 Å². The van der Waals surface area contributed by atoms with Gasteiger partial charge in [0.1, 0.15) is 11.0 Å². The number of unbranched alkanes of at least 4 members (excludes halogenated alkanes) is 8. The second-order valence-electron chi connectivity index (χ2n) is 12.8. The lowest BCUT2D eigenvalue weighted by atomic mass is 9.95. The lowest BCUT2D eigenvalue weighted by Crippen LogP contribution is -2.34.